The standard InChI is InChI=1S/C15H14N4O6/c1-24-14-6-3-10(7-15(14)25-2)9-16-17-12-5-4-11(18(20)21)8-13(12)19(22)23/h3-9,17H,1-2H3/b16-9-. The number of nitrogens with zero attached hydrogens (tertiary/aromatic N) is 3. The number of non-ortho nitro benzene ring substituents is 1. The minimum Gasteiger partial charge on any atom is -0.493 e. The van der Waals surface area contributed by atoms with Crippen molar-refractivity contribution in [1.82, 2.24) is 0 Å². The summed E-state index contributed by atoms with van der Waals surface area (Å²) < 4.78 is 10.3. The van der Waals surface area contributed by atoms with Gasteiger partial charge in [-0.25, -0.2) is 0 Å². The molecule has 10 nitrogen and oxygen atoms in total. The van der Waals surface area contributed by atoms with Crippen molar-refractivity contribution in [3.63, 3.8) is 0 Å². The Morgan fingerprint density at radius 3 is 2.32 bits per heavy atom. The molecule has 2 rings (SSSR count). The maximum atomic E-state index is 11.0. The van der Waals surface area contributed by atoms with E-state index in [1.165, 1.54) is 26.5 Å². The Kier molecular flexibility index (Phi) is 5.46. The predicted octanol–water partition coefficient (Wildman–Crippen LogP) is 2.97. The third kappa shape index (κ3) is 4.19. The molecule has 2 aromatic carbocycles. The number of ether oxygens (including phenoxy) is 2. The van der Waals surface area contributed by atoms with Gasteiger partial charge >= 0.3 is 5.69 Å². The fourth-order valence-electron chi connectivity index (χ4n) is 1.99. The molecule has 1 N–H and O–H groups in total. The lowest BCUT2D eigenvalue weighted by Gasteiger charge is -2.07. The summed E-state index contributed by atoms with van der Waals surface area (Å²) in [6.07, 6.45) is 1.42. The molecule has 0 aliphatic heterocycles. The second kappa shape index (κ2) is 7.73. The number of benzene rings is 2. The van der Waals surface area contributed by atoms with Crippen LogP contribution in [-0.2, 0) is 0 Å². The summed E-state index contributed by atoms with van der Waals surface area (Å²) in [6.45, 7) is 0. The lowest BCUT2D eigenvalue weighted by molar-refractivity contribution is -0.393. The summed E-state index contributed by atoms with van der Waals surface area (Å²) >= 11 is 0. The Hall–Kier alpha value is -3.69. The minimum absolute atomic E-state index is 0.0346. The number of nitro benzene ring substituents is 2. The van der Waals surface area contributed by atoms with Crippen LogP contribution in [0.1, 0.15) is 5.56 Å². The van der Waals surface area contributed by atoms with Crippen LogP contribution in [0.25, 0.3) is 0 Å². The van der Waals surface area contributed by atoms with E-state index < -0.39 is 15.5 Å². The fourth-order valence-corrected chi connectivity index (χ4v) is 1.99. The van der Waals surface area contributed by atoms with Crippen molar-refractivity contribution in [3.05, 3.63) is 62.2 Å². The first kappa shape index (κ1) is 17.7. The van der Waals surface area contributed by atoms with Gasteiger partial charge in [-0.1, -0.05) is 0 Å². The monoisotopic (exact) mass is 346 g/mol. The largest absolute Gasteiger partial charge is 0.493 e. The summed E-state index contributed by atoms with van der Waals surface area (Å²) in [5.74, 6) is 1.06. The molecular formula is C15H14N4O6. The molecule has 0 aliphatic carbocycles. The number of anilines is 1. The van der Waals surface area contributed by atoms with Crippen molar-refractivity contribution in [1.29, 1.82) is 0 Å². The third-order valence-corrected chi connectivity index (χ3v) is 3.20. The van der Waals surface area contributed by atoms with Crippen LogP contribution >= 0.6 is 0 Å². The van der Waals surface area contributed by atoms with E-state index in [1.54, 1.807) is 18.2 Å². The lowest BCUT2D eigenvalue weighted by atomic mass is 10.2. The van der Waals surface area contributed by atoms with Gasteiger partial charge in [0.05, 0.1) is 36.3 Å². The van der Waals surface area contributed by atoms with Crippen LogP contribution in [0.15, 0.2) is 41.5 Å². The van der Waals surface area contributed by atoms with E-state index in [0.717, 1.165) is 12.1 Å². The van der Waals surface area contributed by atoms with Gasteiger partial charge in [0, 0.05) is 6.07 Å². The molecule has 0 aliphatic rings. The normalized spacial score (nSPS) is 10.5. The first-order valence-corrected chi connectivity index (χ1v) is 6.90. The number of methoxy groups -OCH3 is 2. The molecule has 0 bridgehead atoms. The first-order valence-electron chi connectivity index (χ1n) is 6.90. The van der Waals surface area contributed by atoms with Crippen molar-refractivity contribution in [3.8, 4) is 11.5 Å². The minimum atomic E-state index is -0.721. The molecule has 2 aromatic rings. The van der Waals surface area contributed by atoms with E-state index in [1.807, 2.05) is 0 Å². The zero-order valence-electron chi connectivity index (χ0n) is 13.3. The van der Waals surface area contributed by atoms with Crippen LogP contribution in [-0.4, -0.2) is 30.3 Å². The van der Waals surface area contributed by atoms with Gasteiger partial charge in [-0.3, -0.25) is 25.7 Å². The van der Waals surface area contributed by atoms with Crippen LogP contribution in [0.2, 0.25) is 0 Å². The predicted molar refractivity (Wildman–Crippen MR) is 90.5 cm³/mol. The second-order valence-electron chi connectivity index (χ2n) is 4.70. The zero-order valence-corrected chi connectivity index (χ0v) is 13.3. The van der Waals surface area contributed by atoms with Crippen LogP contribution in [0.4, 0.5) is 17.1 Å². The summed E-state index contributed by atoms with van der Waals surface area (Å²) in [5.41, 5.74) is 2.39. The SMILES string of the molecule is COc1ccc(/C=N\Nc2ccc([N+](=O)[O-])cc2[N+](=O)[O-])cc1OC. The molecule has 0 unspecified atom stereocenters. The van der Waals surface area contributed by atoms with E-state index >= 15 is 0 Å². The van der Waals surface area contributed by atoms with Gasteiger partial charge in [0.1, 0.15) is 5.69 Å². The van der Waals surface area contributed by atoms with Crippen LogP contribution in [0.3, 0.4) is 0 Å². The second-order valence-corrected chi connectivity index (χ2v) is 4.70. The van der Waals surface area contributed by atoms with Crippen LogP contribution in [0.5, 0.6) is 11.5 Å². The maximum Gasteiger partial charge on any atom is 0.301 e. The third-order valence-electron chi connectivity index (χ3n) is 3.20. The number of hydrazone groups is 1. The van der Waals surface area contributed by atoms with Gasteiger partial charge in [-0.2, -0.15) is 5.10 Å². The Balaban J connectivity index is 2.22. The zero-order chi connectivity index (χ0) is 18.4. The fraction of sp³-hybridized carbons (Fsp3) is 0.133. The lowest BCUT2D eigenvalue weighted by Crippen LogP contribution is -1.99. The van der Waals surface area contributed by atoms with Gasteiger partial charge < -0.3 is 9.47 Å². The Morgan fingerprint density at radius 1 is 1.00 bits per heavy atom. The maximum absolute atomic E-state index is 11.0. The van der Waals surface area contributed by atoms with E-state index in [4.69, 9.17) is 9.47 Å². The molecule has 0 saturated carbocycles. The topological polar surface area (TPSA) is 129 Å². The van der Waals surface area contributed by atoms with Gasteiger partial charge in [0.25, 0.3) is 5.69 Å². The molecule has 0 heterocycles. The highest BCUT2D eigenvalue weighted by molar-refractivity contribution is 5.82. The molecule has 0 fully saturated rings. The van der Waals surface area contributed by atoms with Gasteiger partial charge in [0.2, 0.25) is 0 Å². The van der Waals surface area contributed by atoms with Crippen molar-refractivity contribution >= 4 is 23.3 Å². The smallest absolute Gasteiger partial charge is 0.301 e. The first-order chi connectivity index (χ1) is 12.0. The quantitative estimate of drug-likeness (QED) is 0.463. The van der Waals surface area contributed by atoms with Crippen molar-refractivity contribution in [2.75, 3.05) is 19.6 Å². The van der Waals surface area contributed by atoms with Crippen LogP contribution < -0.4 is 14.9 Å². The van der Waals surface area contributed by atoms with Crippen molar-refractivity contribution in [2.45, 2.75) is 0 Å². The molecule has 0 aromatic heterocycles. The molecule has 0 saturated heterocycles. The average Bonchev–Trinajstić information content (AvgIpc) is 2.61. The average molecular weight is 346 g/mol. The van der Waals surface area contributed by atoms with Crippen molar-refractivity contribution in [2.24, 2.45) is 5.10 Å². The van der Waals surface area contributed by atoms with Gasteiger partial charge in [0.15, 0.2) is 11.5 Å². The molecule has 0 amide bonds. The molecule has 25 heavy (non-hydrogen) atoms. The number of hydrogen-bond donors (Lipinski definition) is 1. The van der Waals surface area contributed by atoms with Gasteiger partial charge in [-0.05, 0) is 29.8 Å². The Bertz CT molecular complexity index is 837. The molecular weight excluding hydrogens is 332 g/mol. The van der Waals surface area contributed by atoms with Crippen molar-refractivity contribution < 1.29 is 19.3 Å². The number of nitro groups is 2. The summed E-state index contributed by atoms with van der Waals surface area (Å²) in [5, 5.41) is 25.7. The molecule has 0 radical (unpaired) electrons. The van der Waals surface area contributed by atoms with E-state index in [-0.39, 0.29) is 11.4 Å². The van der Waals surface area contributed by atoms with E-state index in [2.05, 4.69) is 10.5 Å². The number of rotatable bonds is 7. The van der Waals surface area contributed by atoms with E-state index in [0.29, 0.717) is 17.1 Å². The molecule has 10 heteroatoms. The highest BCUT2D eigenvalue weighted by Gasteiger charge is 2.19. The molecule has 0 atom stereocenters. The summed E-state index contributed by atoms with van der Waals surface area (Å²) in [4.78, 5) is 20.3. The number of hydrogen-bond acceptors (Lipinski definition) is 8. The summed E-state index contributed by atoms with van der Waals surface area (Å²) in [6, 6.07) is 8.33. The summed E-state index contributed by atoms with van der Waals surface area (Å²) in [7, 11) is 3.01. The number of nitrogens with one attached hydrogen (secondary N) is 1. The Morgan fingerprint density at radius 2 is 1.72 bits per heavy atom. The van der Waals surface area contributed by atoms with Crippen LogP contribution in [0, 0.1) is 20.2 Å². The highest BCUT2D eigenvalue weighted by Crippen LogP contribution is 2.29. The Labute approximate surface area is 142 Å². The molecule has 130 valence electrons. The highest BCUT2D eigenvalue weighted by atomic mass is 16.6. The molecule has 0 spiro atoms. The van der Waals surface area contributed by atoms with Gasteiger partial charge in [-0.15, -0.1) is 0 Å². The van der Waals surface area contributed by atoms with E-state index in [9.17, 15) is 20.2 Å².